The molecular formula is C11H16F3NS. The van der Waals surface area contributed by atoms with Crippen molar-refractivity contribution in [3.05, 3.63) is 21.9 Å². The fourth-order valence-electron chi connectivity index (χ4n) is 1.59. The molecule has 0 aliphatic carbocycles. The van der Waals surface area contributed by atoms with Gasteiger partial charge in [0.2, 0.25) is 0 Å². The lowest BCUT2D eigenvalue weighted by Gasteiger charge is -2.17. The molecule has 5 heteroatoms. The van der Waals surface area contributed by atoms with Crippen LogP contribution in [0, 0.1) is 6.92 Å². The van der Waals surface area contributed by atoms with E-state index in [2.05, 4.69) is 5.32 Å². The topological polar surface area (TPSA) is 12.0 Å². The molecule has 16 heavy (non-hydrogen) atoms. The van der Waals surface area contributed by atoms with E-state index < -0.39 is 12.6 Å². The normalized spacial score (nSPS) is 14.1. The Kier molecular flexibility index (Phi) is 4.80. The van der Waals surface area contributed by atoms with Gasteiger partial charge in [0, 0.05) is 17.3 Å². The maximum Gasteiger partial charge on any atom is 0.389 e. The maximum absolute atomic E-state index is 12.2. The molecule has 0 aliphatic rings. The van der Waals surface area contributed by atoms with Gasteiger partial charge in [0.25, 0.3) is 0 Å². The molecule has 1 aromatic heterocycles. The van der Waals surface area contributed by atoms with Crippen molar-refractivity contribution in [2.24, 2.45) is 0 Å². The second-order valence-corrected chi connectivity index (χ2v) is 4.87. The molecule has 0 radical (unpaired) electrons. The minimum absolute atomic E-state index is 0.105. The van der Waals surface area contributed by atoms with Crippen LogP contribution in [-0.2, 0) is 0 Å². The average Bonchev–Trinajstić information content (AvgIpc) is 2.57. The number of halogens is 3. The van der Waals surface area contributed by atoms with Crippen molar-refractivity contribution in [3.8, 4) is 0 Å². The molecule has 0 fully saturated rings. The summed E-state index contributed by atoms with van der Waals surface area (Å²) in [7, 11) is 0. The number of rotatable bonds is 5. The molecule has 0 amide bonds. The lowest BCUT2D eigenvalue weighted by atomic mass is 10.0. The molecule has 1 atom stereocenters. The van der Waals surface area contributed by atoms with Gasteiger partial charge in [-0.15, -0.1) is 11.3 Å². The molecule has 1 rings (SSSR count). The predicted octanol–water partition coefficient (Wildman–Crippen LogP) is 4.05. The van der Waals surface area contributed by atoms with Crippen LogP contribution in [-0.4, -0.2) is 12.7 Å². The van der Waals surface area contributed by atoms with Gasteiger partial charge >= 0.3 is 6.18 Å². The van der Waals surface area contributed by atoms with Crippen molar-refractivity contribution in [1.29, 1.82) is 0 Å². The summed E-state index contributed by atoms with van der Waals surface area (Å²) in [5, 5.41) is 5.02. The Morgan fingerprint density at radius 3 is 2.56 bits per heavy atom. The van der Waals surface area contributed by atoms with Gasteiger partial charge in [0.1, 0.15) is 0 Å². The summed E-state index contributed by atoms with van der Waals surface area (Å²) in [6.45, 7) is 4.54. The van der Waals surface area contributed by atoms with Gasteiger partial charge in [-0.1, -0.05) is 6.92 Å². The van der Waals surface area contributed by atoms with Crippen LogP contribution in [0.1, 0.15) is 36.2 Å². The highest BCUT2D eigenvalue weighted by atomic mass is 32.1. The van der Waals surface area contributed by atoms with Gasteiger partial charge in [0.15, 0.2) is 0 Å². The third-order valence-electron chi connectivity index (χ3n) is 2.32. The van der Waals surface area contributed by atoms with Crippen molar-refractivity contribution < 1.29 is 13.2 Å². The van der Waals surface area contributed by atoms with Gasteiger partial charge in [-0.3, -0.25) is 0 Å². The third kappa shape index (κ3) is 4.53. The Hall–Kier alpha value is -0.550. The Bertz CT molecular complexity index is 319. The number of thiophene rings is 1. The van der Waals surface area contributed by atoms with Gasteiger partial charge < -0.3 is 5.32 Å². The molecule has 92 valence electrons. The first-order valence-electron chi connectivity index (χ1n) is 5.27. The highest BCUT2D eigenvalue weighted by molar-refractivity contribution is 7.10. The number of nitrogens with one attached hydrogen (secondary N) is 1. The standard InChI is InChI=1S/C11H16F3NS/c1-3-15-10(4-5-11(12,13)14)9-6-8(2)16-7-9/h6-7,10,15H,3-5H2,1-2H3. The zero-order chi connectivity index (χ0) is 12.2. The van der Waals surface area contributed by atoms with E-state index in [1.165, 1.54) is 0 Å². The smallest absolute Gasteiger partial charge is 0.310 e. The number of alkyl halides is 3. The summed E-state index contributed by atoms with van der Waals surface area (Å²) < 4.78 is 36.5. The first-order valence-corrected chi connectivity index (χ1v) is 6.15. The van der Waals surface area contributed by atoms with Crippen molar-refractivity contribution in [3.63, 3.8) is 0 Å². The zero-order valence-electron chi connectivity index (χ0n) is 9.40. The van der Waals surface area contributed by atoms with E-state index in [1.807, 2.05) is 25.3 Å². The molecule has 1 nitrogen and oxygen atoms in total. The summed E-state index contributed by atoms with van der Waals surface area (Å²) in [6.07, 6.45) is -4.70. The summed E-state index contributed by atoms with van der Waals surface area (Å²) in [5.74, 6) is 0. The first kappa shape index (κ1) is 13.5. The third-order valence-corrected chi connectivity index (χ3v) is 3.20. The van der Waals surface area contributed by atoms with Gasteiger partial charge in [0.05, 0.1) is 0 Å². The summed E-state index contributed by atoms with van der Waals surface area (Å²) in [4.78, 5) is 1.13. The van der Waals surface area contributed by atoms with Gasteiger partial charge in [-0.05, 0) is 36.9 Å². The molecule has 1 aromatic rings. The molecule has 0 saturated heterocycles. The quantitative estimate of drug-likeness (QED) is 0.832. The molecule has 0 aliphatic heterocycles. The number of aryl methyl sites for hydroxylation is 1. The van der Waals surface area contributed by atoms with Crippen LogP contribution in [0.25, 0.3) is 0 Å². The molecule has 1 heterocycles. The molecule has 1 N–H and O–H groups in total. The molecular weight excluding hydrogens is 235 g/mol. The van der Waals surface area contributed by atoms with E-state index in [9.17, 15) is 13.2 Å². The van der Waals surface area contributed by atoms with Crippen LogP contribution in [0.15, 0.2) is 11.4 Å². The SMILES string of the molecule is CCNC(CCC(F)(F)F)c1csc(C)c1. The fourth-order valence-corrected chi connectivity index (χ4v) is 2.35. The fraction of sp³-hybridized carbons (Fsp3) is 0.636. The second-order valence-electron chi connectivity index (χ2n) is 3.75. The zero-order valence-corrected chi connectivity index (χ0v) is 10.2. The molecule has 0 spiro atoms. The largest absolute Gasteiger partial charge is 0.389 e. The lowest BCUT2D eigenvalue weighted by molar-refractivity contribution is -0.136. The average molecular weight is 251 g/mol. The van der Waals surface area contributed by atoms with Crippen LogP contribution in [0.4, 0.5) is 13.2 Å². The monoisotopic (exact) mass is 251 g/mol. The summed E-state index contributed by atoms with van der Waals surface area (Å²) in [6, 6.07) is 1.77. The number of hydrogen-bond donors (Lipinski definition) is 1. The van der Waals surface area contributed by atoms with Crippen LogP contribution < -0.4 is 5.32 Å². The summed E-state index contributed by atoms with van der Waals surface area (Å²) in [5.41, 5.74) is 0.966. The Balaban J connectivity index is 2.61. The molecule has 0 aromatic carbocycles. The predicted molar refractivity (Wildman–Crippen MR) is 60.8 cm³/mol. The van der Waals surface area contributed by atoms with Gasteiger partial charge in [-0.2, -0.15) is 13.2 Å². The van der Waals surface area contributed by atoms with Crippen molar-refractivity contribution >= 4 is 11.3 Å². The van der Waals surface area contributed by atoms with Gasteiger partial charge in [-0.25, -0.2) is 0 Å². The Labute approximate surface area is 97.7 Å². The van der Waals surface area contributed by atoms with E-state index in [0.29, 0.717) is 6.54 Å². The van der Waals surface area contributed by atoms with Crippen LogP contribution in [0.2, 0.25) is 0 Å². The molecule has 1 unspecified atom stereocenters. The van der Waals surface area contributed by atoms with E-state index in [4.69, 9.17) is 0 Å². The van der Waals surface area contributed by atoms with E-state index >= 15 is 0 Å². The minimum Gasteiger partial charge on any atom is -0.310 e. The van der Waals surface area contributed by atoms with Crippen LogP contribution >= 0.6 is 11.3 Å². The first-order chi connectivity index (χ1) is 7.42. The molecule has 0 bridgehead atoms. The van der Waals surface area contributed by atoms with Crippen LogP contribution in [0.5, 0.6) is 0 Å². The van der Waals surface area contributed by atoms with Crippen molar-refractivity contribution in [1.82, 2.24) is 5.32 Å². The van der Waals surface area contributed by atoms with Crippen molar-refractivity contribution in [2.45, 2.75) is 38.9 Å². The van der Waals surface area contributed by atoms with Crippen molar-refractivity contribution in [2.75, 3.05) is 6.54 Å². The van der Waals surface area contributed by atoms with E-state index in [1.54, 1.807) is 11.3 Å². The highest BCUT2D eigenvalue weighted by Crippen LogP contribution is 2.29. The Morgan fingerprint density at radius 1 is 1.44 bits per heavy atom. The highest BCUT2D eigenvalue weighted by Gasteiger charge is 2.28. The molecule has 0 saturated carbocycles. The number of hydrogen-bond acceptors (Lipinski definition) is 2. The van der Waals surface area contributed by atoms with Crippen LogP contribution in [0.3, 0.4) is 0 Å². The minimum atomic E-state index is -4.07. The van der Waals surface area contributed by atoms with E-state index in [-0.39, 0.29) is 12.5 Å². The van der Waals surface area contributed by atoms with E-state index in [0.717, 1.165) is 10.4 Å². The lowest BCUT2D eigenvalue weighted by Crippen LogP contribution is -2.22. The second kappa shape index (κ2) is 5.68. The Morgan fingerprint density at radius 2 is 2.12 bits per heavy atom. The maximum atomic E-state index is 12.2. The summed E-state index contributed by atoms with van der Waals surface area (Å²) >= 11 is 1.57.